The Morgan fingerprint density at radius 2 is 1.65 bits per heavy atom. The summed E-state index contributed by atoms with van der Waals surface area (Å²) in [6.07, 6.45) is 2.30. The highest BCUT2D eigenvalue weighted by Crippen LogP contribution is 2.20. The summed E-state index contributed by atoms with van der Waals surface area (Å²) in [6, 6.07) is 12.1. The molecule has 0 fully saturated rings. The van der Waals surface area contributed by atoms with E-state index in [2.05, 4.69) is 32.9 Å². The molecule has 0 spiro atoms. The summed E-state index contributed by atoms with van der Waals surface area (Å²) in [5.41, 5.74) is 2.30. The standard InChI is InChI=1S/C18H24NO2S2/c1-14(2)11-16-6-8-17(9-7-16)12-19(23(4,20)21)13-18-10-5-15(3)22-18/h5-10,14H,3,11-13H2,1-2,4H3. The second-order valence-corrected chi connectivity index (χ2v) is 9.55. The van der Waals surface area contributed by atoms with Gasteiger partial charge in [0.05, 0.1) is 6.26 Å². The molecule has 0 saturated carbocycles. The Morgan fingerprint density at radius 1 is 1.04 bits per heavy atom. The van der Waals surface area contributed by atoms with Crippen LogP contribution >= 0.6 is 11.3 Å². The molecule has 2 aromatic rings. The summed E-state index contributed by atoms with van der Waals surface area (Å²) in [5.74, 6) is 0.615. The summed E-state index contributed by atoms with van der Waals surface area (Å²) >= 11 is 1.53. The van der Waals surface area contributed by atoms with E-state index in [0.29, 0.717) is 19.0 Å². The van der Waals surface area contributed by atoms with Gasteiger partial charge in [0, 0.05) is 22.8 Å². The minimum atomic E-state index is -3.26. The molecule has 0 unspecified atom stereocenters. The van der Waals surface area contributed by atoms with Gasteiger partial charge in [0.1, 0.15) is 0 Å². The van der Waals surface area contributed by atoms with Crippen molar-refractivity contribution in [1.29, 1.82) is 0 Å². The van der Waals surface area contributed by atoms with Crippen LogP contribution in [0.3, 0.4) is 0 Å². The lowest BCUT2D eigenvalue weighted by Crippen LogP contribution is -2.28. The molecule has 3 nitrogen and oxygen atoms in total. The molecule has 0 saturated heterocycles. The van der Waals surface area contributed by atoms with Crippen molar-refractivity contribution in [3.63, 3.8) is 0 Å². The first-order chi connectivity index (χ1) is 10.7. The highest BCUT2D eigenvalue weighted by molar-refractivity contribution is 7.88. The Hall–Kier alpha value is -1.17. The molecule has 0 N–H and O–H groups in total. The maximum Gasteiger partial charge on any atom is 0.211 e. The number of hydrogen-bond donors (Lipinski definition) is 0. The fourth-order valence-electron chi connectivity index (χ4n) is 2.43. The van der Waals surface area contributed by atoms with Crippen LogP contribution < -0.4 is 0 Å². The van der Waals surface area contributed by atoms with E-state index in [9.17, 15) is 8.42 Å². The average molecular weight is 351 g/mol. The zero-order valence-electron chi connectivity index (χ0n) is 14.0. The molecule has 1 aromatic carbocycles. The molecule has 0 aliphatic carbocycles. The molecule has 0 amide bonds. The highest BCUT2D eigenvalue weighted by Gasteiger charge is 2.18. The molecular weight excluding hydrogens is 326 g/mol. The summed E-state index contributed by atoms with van der Waals surface area (Å²) in [5, 5.41) is 0. The van der Waals surface area contributed by atoms with Crippen molar-refractivity contribution in [3.05, 3.63) is 64.2 Å². The van der Waals surface area contributed by atoms with Gasteiger partial charge >= 0.3 is 0 Å². The third kappa shape index (κ3) is 5.75. The lowest BCUT2D eigenvalue weighted by molar-refractivity contribution is 0.408. The van der Waals surface area contributed by atoms with Crippen LogP contribution in [0.1, 0.15) is 34.7 Å². The minimum absolute atomic E-state index is 0.394. The topological polar surface area (TPSA) is 37.4 Å². The average Bonchev–Trinajstić information content (AvgIpc) is 2.84. The zero-order chi connectivity index (χ0) is 17.0. The van der Waals surface area contributed by atoms with Crippen molar-refractivity contribution in [2.75, 3.05) is 6.26 Å². The molecular formula is C18H24NO2S2. The Kier molecular flexibility index (Phi) is 6.00. The maximum atomic E-state index is 12.1. The number of nitrogens with zero attached hydrogens (tertiary/aromatic N) is 1. The van der Waals surface area contributed by atoms with Gasteiger partial charge in [0.25, 0.3) is 0 Å². The number of thiophene rings is 1. The summed E-state index contributed by atoms with van der Waals surface area (Å²) in [4.78, 5) is 1.96. The predicted molar refractivity (Wildman–Crippen MR) is 97.9 cm³/mol. The molecule has 0 atom stereocenters. The van der Waals surface area contributed by atoms with Gasteiger partial charge < -0.3 is 0 Å². The SMILES string of the molecule is [CH2]c1ccc(CN(Cc2ccc(CC(C)C)cc2)S(C)(=O)=O)s1. The largest absolute Gasteiger partial charge is 0.212 e. The Bertz CT molecular complexity index is 731. The van der Waals surface area contributed by atoms with Crippen LogP contribution in [-0.2, 0) is 29.5 Å². The van der Waals surface area contributed by atoms with Crippen LogP contribution in [0.2, 0.25) is 0 Å². The monoisotopic (exact) mass is 350 g/mol. The fourth-order valence-corrected chi connectivity index (χ4v) is 4.10. The van der Waals surface area contributed by atoms with Gasteiger partial charge in [-0.25, -0.2) is 8.42 Å². The van der Waals surface area contributed by atoms with Crippen LogP contribution in [0.4, 0.5) is 0 Å². The van der Waals surface area contributed by atoms with Gasteiger partial charge in [-0.3, -0.25) is 0 Å². The fraction of sp³-hybridized carbons (Fsp3) is 0.389. The molecule has 2 rings (SSSR count). The van der Waals surface area contributed by atoms with Crippen LogP contribution in [-0.4, -0.2) is 19.0 Å². The Labute approximate surface area is 144 Å². The van der Waals surface area contributed by atoms with Gasteiger partial charge in [-0.05, 0) is 42.5 Å². The van der Waals surface area contributed by atoms with Crippen molar-refractivity contribution < 1.29 is 8.42 Å². The highest BCUT2D eigenvalue weighted by atomic mass is 32.2. The van der Waals surface area contributed by atoms with Crippen LogP contribution in [0, 0.1) is 12.8 Å². The Morgan fingerprint density at radius 3 is 2.13 bits per heavy atom. The van der Waals surface area contributed by atoms with Gasteiger partial charge in [-0.1, -0.05) is 38.1 Å². The number of sulfonamides is 1. The normalized spacial score (nSPS) is 12.3. The van der Waals surface area contributed by atoms with E-state index >= 15 is 0 Å². The minimum Gasteiger partial charge on any atom is -0.212 e. The van der Waals surface area contributed by atoms with E-state index in [0.717, 1.165) is 21.7 Å². The number of hydrogen-bond acceptors (Lipinski definition) is 3. The number of benzene rings is 1. The van der Waals surface area contributed by atoms with Crippen LogP contribution in [0.15, 0.2) is 36.4 Å². The maximum absolute atomic E-state index is 12.1. The van der Waals surface area contributed by atoms with Crippen molar-refractivity contribution >= 4 is 21.4 Å². The zero-order valence-corrected chi connectivity index (χ0v) is 15.6. The van der Waals surface area contributed by atoms with Crippen molar-refractivity contribution in [2.45, 2.75) is 33.4 Å². The summed E-state index contributed by atoms with van der Waals surface area (Å²) < 4.78 is 25.7. The molecule has 1 aromatic heterocycles. The predicted octanol–water partition coefficient (Wildman–Crippen LogP) is 4.09. The third-order valence-electron chi connectivity index (χ3n) is 3.54. The molecule has 1 radical (unpaired) electrons. The first-order valence-electron chi connectivity index (χ1n) is 7.67. The van der Waals surface area contributed by atoms with Gasteiger partial charge in [-0.15, -0.1) is 11.3 Å². The van der Waals surface area contributed by atoms with Crippen molar-refractivity contribution in [1.82, 2.24) is 4.31 Å². The van der Waals surface area contributed by atoms with E-state index in [1.807, 2.05) is 24.3 Å². The van der Waals surface area contributed by atoms with Crippen molar-refractivity contribution in [3.8, 4) is 0 Å². The molecule has 23 heavy (non-hydrogen) atoms. The van der Waals surface area contributed by atoms with Gasteiger partial charge in [0.2, 0.25) is 10.0 Å². The Balaban J connectivity index is 2.11. The molecule has 0 aliphatic heterocycles. The first-order valence-corrected chi connectivity index (χ1v) is 10.3. The number of rotatable bonds is 7. The van der Waals surface area contributed by atoms with Crippen LogP contribution in [0.5, 0.6) is 0 Å². The van der Waals surface area contributed by atoms with E-state index in [1.165, 1.54) is 27.5 Å². The van der Waals surface area contributed by atoms with E-state index in [4.69, 9.17) is 0 Å². The smallest absolute Gasteiger partial charge is 0.211 e. The molecule has 5 heteroatoms. The van der Waals surface area contributed by atoms with Gasteiger partial charge in [-0.2, -0.15) is 4.31 Å². The third-order valence-corrected chi connectivity index (χ3v) is 5.67. The van der Waals surface area contributed by atoms with E-state index in [-0.39, 0.29) is 0 Å². The lowest BCUT2D eigenvalue weighted by Gasteiger charge is -2.19. The summed E-state index contributed by atoms with van der Waals surface area (Å²) in [7, 11) is -3.26. The molecule has 0 aliphatic rings. The van der Waals surface area contributed by atoms with Crippen molar-refractivity contribution in [2.24, 2.45) is 5.92 Å². The summed E-state index contributed by atoms with van der Waals surface area (Å²) in [6.45, 7) is 9.05. The molecule has 1 heterocycles. The quantitative estimate of drug-likeness (QED) is 0.754. The molecule has 0 bridgehead atoms. The lowest BCUT2D eigenvalue weighted by atomic mass is 10.0. The van der Waals surface area contributed by atoms with E-state index < -0.39 is 10.0 Å². The first kappa shape index (κ1) is 18.2. The van der Waals surface area contributed by atoms with E-state index in [1.54, 1.807) is 0 Å². The van der Waals surface area contributed by atoms with Crippen LogP contribution in [0.25, 0.3) is 0 Å². The second-order valence-electron chi connectivity index (χ2n) is 6.31. The second kappa shape index (κ2) is 7.60. The molecule has 125 valence electrons. The van der Waals surface area contributed by atoms with Gasteiger partial charge in [0.15, 0.2) is 0 Å².